The Labute approximate surface area is 127 Å². The Kier molecular flexibility index (Phi) is 5.99. The van der Waals surface area contributed by atoms with Gasteiger partial charge in [-0.1, -0.05) is 6.58 Å². The van der Waals surface area contributed by atoms with E-state index in [1.54, 1.807) is 6.92 Å². The first kappa shape index (κ1) is 18.5. The van der Waals surface area contributed by atoms with Gasteiger partial charge in [0.25, 0.3) is 0 Å². The van der Waals surface area contributed by atoms with Crippen LogP contribution in [0.5, 0.6) is 0 Å². The topological polar surface area (TPSA) is 49.9 Å². The number of ether oxygens (including phenoxy) is 1. The third-order valence-electron chi connectivity index (χ3n) is 4.03. The van der Waals surface area contributed by atoms with Crippen molar-refractivity contribution in [3.05, 3.63) is 12.7 Å². The average molecular weight is 322 g/mol. The van der Waals surface area contributed by atoms with Crippen LogP contribution < -0.4 is 0 Å². The van der Waals surface area contributed by atoms with E-state index in [0.29, 0.717) is 6.54 Å². The van der Waals surface area contributed by atoms with Gasteiger partial charge in [-0.05, 0) is 13.0 Å². The molecule has 8 heteroatoms. The molecular formula is C14H21F3N2O3. The lowest BCUT2D eigenvalue weighted by Gasteiger charge is -2.42. The van der Waals surface area contributed by atoms with Crippen molar-refractivity contribution in [1.29, 1.82) is 0 Å². The molecule has 0 saturated carbocycles. The molecule has 0 aliphatic carbocycles. The van der Waals surface area contributed by atoms with Crippen LogP contribution in [0.2, 0.25) is 0 Å². The number of methoxy groups -OCH3 is 1. The molecule has 0 aromatic rings. The predicted molar refractivity (Wildman–Crippen MR) is 74.1 cm³/mol. The summed E-state index contributed by atoms with van der Waals surface area (Å²) >= 11 is 0. The minimum Gasteiger partial charge on any atom is -0.369 e. The van der Waals surface area contributed by atoms with Crippen LogP contribution in [0.1, 0.15) is 19.8 Å². The second-order valence-electron chi connectivity index (χ2n) is 5.13. The standard InChI is InChI=1S/C14H21F3N2O3/c1-4-11(20)18(5-2)10-12(21)19-8-6-13(22-3,7-9-19)14(15,16)17/h4H,1,5-10H2,2-3H3. The molecule has 1 rings (SSSR count). The number of hydrogen-bond acceptors (Lipinski definition) is 3. The van der Waals surface area contributed by atoms with Crippen molar-refractivity contribution >= 4 is 11.8 Å². The maximum absolute atomic E-state index is 13.0. The quantitative estimate of drug-likeness (QED) is 0.722. The predicted octanol–water partition coefficient (Wildman–Crippen LogP) is 1.59. The number of rotatable bonds is 5. The molecule has 0 N–H and O–H groups in total. The molecule has 1 aliphatic rings. The summed E-state index contributed by atoms with van der Waals surface area (Å²) < 4.78 is 43.8. The number of hydrogen-bond donors (Lipinski definition) is 0. The summed E-state index contributed by atoms with van der Waals surface area (Å²) in [5.74, 6) is -0.752. The van der Waals surface area contributed by atoms with Crippen molar-refractivity contribution in [1.82, 2.24) is 9.80 Å². The van der Waals surface area contributed by atoms with Crippen LogP contribution in [-0.4, -0.2) is 66.7 Å². The molecule has 2 amide bonds. The van der Waals surface area contributed by atoms with Gasteiger partial charge in [-0.2, -0.15) is 13.2 Å². The highest BCUT2D eigenvalue weighted by Crippen LogP contribution is 2.41. The summed E-state index contributed by atoms with van der Waals surface area (Å²) in [4.78, 5) is 26.2. The zero-order chi connectivity index (χ0) is 17.0. The van der Waals surface area contributed by atoms with Crippen molar-refractivity contribution < 1.29 is 27.5 Å². The van der Waals surface area contributed by atoms with Crippen LogP contribution in [0.15, 0.2) is 12.7 Å². The number of alkyl halides is 3. The smallest absolute Gasteiger partial charge is 0.369 e. The molecule has 5 nitrogen and oxygen atoms in total. The third kappa shape index (κ3) is 3.79. The third-order valence-corrected chi connectivity index (χ3v) is 4.03. The van der Waals surface area contributed by atoms with E-state index < -0.39 is 11.8 Å². The highest BCUT2D eigenvalue weighted by atomic mass is 19.4. The minimum absolute atomic E-state index is 0.0496. The van der Waals surface area contributed by atoms with Gasteiger partial charge >= 0.3 is 6.18 Å². The Bertz CT molecular complexity index is 430. The molecule has 1 heterocycles. The molecule has 0 aromatic carbocycles. The number of halogens is 3. The van der Waals surface area contributed by atoms with Crippen LogP contribution >= 0.6 is 0 Å². The van der Waals surface area contributed by atoms with Crippen LogP contribution in [0.3, 0.4) is 0 Å². The minimum atomic E-state index is -4.47. The SMILES string of the molecule is C=CC(=O)N(CC)CC(=O)N1CCC(OC)(C(F)(F)F)CC1. The Morgan fingerprint density at radius 2 is 1.91 bits per heavy atom. The van der Waals surface area contributed by atoms with Gasteiger partial charge in [-0.25, -0.2) is 0 Å². The van der Waals surface area contributed by atoms with Gasteiger partial charge < -0.3 is 14.5 Å². The summed E-state index contributed by atoms with van der Waals surface area (Å²) in [5, 5.41) is 0. The zero-order valence-corrected chi connectivity index (χ0v) is 12.8. The van der Waals surface area contributed by atoms with Gasteiger partial charge in [-0.15, -0.1) is 0 Å². The molecule has 1 aliphatic heterocycles. The fraction of sp³-hybridized carbons (Fsp3) is 0.714. The van der Waals surface area contributed by atoms with Crippen molar-refractivity contribution in [2.24, 2.45) is 0 Å². The Morgan fingerprint density at radius 3 is 2.27 bits per heavy atom. The van der Waals surface area contributed by atoms with E-state index in [0.717, 1.165) is 13.2 Å². The van der Waals surface area contributed by atoms with E-state index in [1.165, 1.54) is 9.80 Å². The summed E-state index contributed by atoms with van der Waals surface area (Å²) in [6.07, 6.45) is -3.97. The number of carbonyl (C=O) groups excluding carboxylic acids is 2. The van der Waals surface area contributed by atoms with Crippen LogP contribution in [-0.2, 0) is 14.3 Å². The molecule has 1 fully saturated rings. The van der Waals surface area contributed by atoms with Gasteiger partial charge in [0, 0.05) is 39.6 Å². The maximum Gasteiger partial charge on any atom is 0.417 e. The fourth-order valence-corrected chi connectivity index (χ4v) is 2.46. The Balaban J connectivity index is 2.66. The van der Waals surface area contributed by atoms with E-state index in [9.17, 15) is 22.8 Å². The molecule has 0 aromatic heterocycles. The lowest BCUT2D eigenvalue weighted by atomic mass is 9.90. The lowest BCUT2D eigenvalue weighted by molar-refractivity contribution is -0.281. The molecule has 0 radical (unpaired) electrons. The Morgan fingerprint density at radius 1 is 1.36 bits per heavy atom. The highest BCUT2D eigenvalue weighted by Gasteiger charge is 2.56. The maximum atomic E-state index is 13.0. The summed E-state index contributed by atoms with van der Waals surface area (Å²) in [5.41, 5.74) is -2.19. The van der Waals surface area contributed by atoms with Gasteiger partial charge in [0.15, 0.2) is 5.60 Å². The molecular weight excluding hydrogens is 301 g/mol. The summed E-state index contributed by atoms with van der Waals surface area (Å²) in [7, 11) is 1.03. The first-order chi connectivity index (χ1) is 10.2. The number of piperidine rings is 1. The van der Waals surface area contributed by atoms with E-state index in [2.05, 4.69) is 11.3 Å². The number of amides is 2. The van der Waals surface area contributed by atoms with E-state index in [4.69, 9.17) is 0 Å². The molecule has 0 bridgehead atoms. The normalized spacial score (nSPS) is 18.0. The fourth-order valence-electron chi connectivity index (χ4n) is 2.46. The molecule has 0 unspecified atom stereocenters. The highest BCUT2D eigenvalue weighted by molar-refractivity contribution is 5.90. The average Bonchev–Trinajstić information content (AvgIpc) is 2.50. The van der Waals surface area contributed by atoms with E-state index >= 15 is 0 Å². The van der Waals surface area contributed by atoms with Crippen molar-refractivity contribution in [3.63, 3.8) is 0 Å². The second kappa shape index (κ2) is 7.13. The van der Waals surface area contributed by atoms with Crippen LogP contribution in [0.25, 0.3) is 0 Å². The van der Waals surface area contributed by atoms with Crippen LogP contribution in [0, 0.1) is 0 Å². The van der Waals surface area contributed by atoms with Crippen molar-refractivity contribution in [2.75, 3.05) is 33.3 Å². The Hall–Kier alpha value is -1.57. The first-order valence-corrected chi connectivity index (χ1v) is 7.01. The second-order valence-corrected chi connectivity index (χ2v) is 5.13. The van der Waals surface area contributed by atoms with E-state index in [1.807, 2.05) is 0 Å². The van der Waals surface area contributed by atoms with Gasteiger partial charge in [-0.3, -0.25) is 9.59 Å². The molecule has 126 valence electrons. The number of nitrogens with zero attached hydrogens (tertiary/aromatic N) is 2. The van der Waals surface area contributed by atoms with Gasteiger partial charge in [0.2, 0.25) is 11.8 Å². The number of likely N-dealkylation sites (tertiary alicyclic amines) is 1. The molecule has 0 spiro atoms. The molecule has 22 heavy (non-hydrogen) atoms. The zero-order valence-electron chi connectivity index (χ0n) is 12.8. The summed E-state index contributed by atoms with van der Waals surface area (Å²) in [6, 6.07) is 0. The van der Waals surface area contributed by atoms with Gasteiger partial charge in [0.05, 0.1) is 6.54 Å². The summed E-state index contributed by atoms with van der Waals surface area (Å²) in [6.45, 7) is 5.13. The number of likely N-dealkylation sites (N-methyl/N-ethyl adjacent to an activating group) is 1. The van der Waals surface area contributed by atoms with E-state index in [-0.39, 0.29) is 44.3 Å². The number of carbonyl (C=O) groups is 2. The first-order valence-electron chi connectivity index (χ1n) is 7.01. The van der Waals surface area contributed by atoms with Crippen molar-refractivity contribution in [2.45, 2.75) is 31.5 Å². The molecule has 1 saturated heterocycles. The monoisotopic (exact) mass is 322 g/mol. The lowest BCUT2D eigenvalue weighted by Crippen LogP contribution is -2.56. The molecule has 0 atom stereocenters. The van der Waals surface area contributed by atoms with Crippen molar-refractivity contribution in [3.8, 4) is 0 Å². The largest absolute Gasteiger partial charge is 0.417 e. The van der Waals surface area contributed by atoms with Crippen LogP contribution in [0.4, 0.5) is 13.2 Å². The van der Waals surface area contributed by atoms with Gasteiger partial charge in [0.1, 0.15) is 0 Å².